The Kier molecular flexibility index (Phi) is 4.96. The van der Waals surface area contributed by atoms with Crippen molar-refractivity contribution >= 4 is 11.9 Å². The van der Waals surface area contributed by atoms with E-state index in [4.69, 9.17) is 4.74 Å². The number of methoxy groups -OCH3 is 1. The Morgan fingerprint density at radius 1 is 1.29 bits per heavy atom. The third-order valence-corrected chi connectivity index (χ3v) is 3.76. The van der Waals surface area contributed by atoms with Crippen LogP contribution in [0, 0.1) is 5.92 Å². The first-order valence-electron chi connectivity index (χ1n) is 7.24. The van der Waals surface area contributed by atoms with Gasteiger partial charge in [-0.2, -0.15) is 0 Å². The summed E-state index contributed by atoms with van der Waals surface area (Å²) >= 11 is 0. The number of rotatable bonds is 4. The van der Waals surface area contributed by atoms with E-state index in [0.717, 1.165) is 25.1 Å². The van der Waals surface area contributed by atoms with Crippen LogP contribution in [0.15, 0.2) is 18.2 Å². The molecular formula is C16H22N2O3. The normalized spacial score (nSPS) is 15.2. The van der Waals surface area contributed by atoms with Crippen LogP contribution >= 0.6 is 0 Å². The van der Waals surface area contributed by atoms with Crippen LogP contribution in [-0.4, -0.2) is 31.6 Å². The first kappa shape index (κ1) is 15.5. The molecule has 0 aromatic heterocycles. The molecule has 1 amide bonds. The largest absolute Gasteiger partial charge is 0.467 e. The van der Waals surface area contributed by atoms with Gasteiger partial charge in [-0.05, 0) is 42.1 Å². The zero-order valence-corrected chi connectivity index (χ0v) is 12.7. The Labute approximate surface area is 125 Å². The van der Waals surface area contributed by atoms with Crippen LogP contribution in [0.3, 0.4) is 0 Å². The van der Waals surface area contributed by atoms with Crippen molar-refractivity contribution in [3.63, 3.8) is 0 Å². The second-order valence-corrected chi connectivity index (χ2v) is 5.63. The summed E-state index contributed by atoms with van der Waals surface area (Å²) in [5.41, 5.74) is 3.00. The highest BCUT2D eigenvalue weighted by molar-refractivity contribution is 5.97. The van der Waals surface area contributed by atoms with E-state index in [1.165, 1.54) is 12.7 Å². The number of hydrogen-bond donors (Lipinski definition) is 2. The van der Waals surface area contributed by atoms with Crippen molar-refractivity contribution in [1.82, 2.24) is 10.6 Å². The van der Waals surface area contributed by atoms with Gasteiger partial charge in [0, 0.05) is 12.1 Å². The van der Waals surface area contributed by atoms with Crippen LogP contribution in [0.5, 0.6) is 0 Å². The van der Waals surface area contributed by atoms with Crippen LogP contribution in [-0.2, 0) is 22.5 Å². The number of carbonyl (C=O) groups excluding carboxylic acids is 2. The smallest absolute Gasteiger partial charge is 0.328 e. The van der Waals surface area contributed by atoms with Gasteiger partial charge in [0.2, 0.25) is 0 Å². The summed E-state index contributed by atoms with van der Waals surface area (Å²) in [4.78, 5) is 24.0. The molecule has 5 heteroatoms. The van der Waals surface area contributed by atoms with Crippen molar-refractivity contribution in [2.45, 2.75) is 32.9 Å². The fourth-order valence-corrected chi connectivity index (χ4v) is 2.47. The summed E-state index contributed by atoms with van der Waals surface area (Å²) in [6, 6.07) is 5.07. The highest BCUT2D eigenvalue weighted by atomic mass is 16.5. The Morgan fingerprint density at radius 3 is 2.71 bits per heavy atom. The topological polar surface area (TPSA) is 67.4 Å². The van der Waals surface area contributed by atoms with E-state index in [-0.39, 0.29) is 11.8 Å². The molecule has 2 rings (SSSR count). The van der Waals surface area contributed by atoms with Crippen LogP contribution in [0.1, 0.15) is 35.3 Å². The van der Waals surface area contributed by atoms with Crippen molar-refractivity contribution < 1.29 is 14.3 Å². The lowest BCUT2D eigenvalue weighted by Crippen LogP contribution is -2.45. The van der Waals surface area contributed by atoms with Gasteiger partial charge in [0.25, 0.3) is 5.91 Å². The second-order valence-electron chi connectivity index (χ2n) is 5.63. The summed E-state index contributed by atoms with van der Waals surface area (Å²) in [5.74, 6) is -0.689. The SMILES string of the molecule is COC(=O)[C@@H](NC(=O)c1ccc2c(c1)CNCC2)C(C)C. The van der Waals surface area contributed by atoms with E-state index >= 15 is 0 Å². The van der Waals surface area contributed by atoms with Gasteiger partial charge in [-0.1, -0.05) is 19.9 Å². The Morgan fingerprint density at radius 2 is 2.05 bits per heavy atom. The maximum absolute atomic E-state index is 12.3. The van der Waals surface area contributed by atoms with E-state index in [1.54, 1.807) is 0 Å². The van der Waals surface area contributed by atoms with E-state index in [1.807, 2.05) is 32.0 Å². The molecule has 114 valence electrons. The molecule has 0 aliphatic carbocycles. The molecule has 0 saturated carbocycles. The van der Waals surface area contributed by atoms with E-state index < -0.39 is 12.0 Å². The van der Waals surface area contributed by atoms with Crippen molar-refractivity contribution in [3.05, 3.63) is 34.9 Å². The number of nitrogens with one attached hydrogen (secondary N) is 2. The Balaban J connectivity index is 2.14. The Hall–Kier alpha value is -1.88. The number of ether oxygens (including phenoxy) is 1. The van der Waals surface area contributed by atoms with Gasteiger partial charge in [0.15, 0.2) is 0 Å². The van der Waals surface area contributed by atoms with Gasteiger partial charge in [0.05, 0.1) is 7.11 Å². The van der Waals surface area contributed by atoms with Gasteiger partial charge < -0.3 is 15.4 Å². The maximum Gasteiger partial charge on any atom is 0.328 e. The van der Waals surface area contributed by atoms with Crippen molar-refractivity contribution in [2.24, 2.45) is 5.92 Å². The number of esters is 1. The number of amides is 1. The molecule has 2 N–H and O–H groups in total. The minimum Gasteiger partial charge on any atom is -0.467 e. The summed E-state index contributed by atoms with van der Waals surface area (Å²) < 4.78 is 4.74. The monoisotopic (exact) mass is 290 g/mol. The minimum absolute atomic E-state index is 0.0271. The first-order valence-corrected chi connectivity index (χ1v) is 7.24. The lowest BCUT2D eigenvalue weighted by atomic mass is 9.98. The molecule has 1 atom stereocenters. The second kappa shape index (κ2) is 6.72. The highest BCUT2D eigenvalue weighted by Gasteiger charge is 2.25. The lowest BCUT2D eigenvalue weighted by Gasteiger charge is -2.21. The number of benzene rings is 1. The van der Waals surface area contributed by atoms with Crippen LogP contribution in [0.4, 0.5) is 0 Å². The molecule has 1 aliphatic heterocycles. The van der Waals surface area contributed by atoms with Crippen LogP contribution < -0.4 is 10.6 Å². The molecule has 1 aromatic rings. The highest BCUT2D eigenvalue weighted by Crippen LogP contribution is 2.16. The Bertz CT molecular complexity index is 540. The molecule has 0 radical (unpaired) electrons. The van der Waals surface area contributed by atoms with Crippen LogP contribution in [0.2, 0.25) is 0 Å². The average molecular weight is 290 g/mol. The molecule has 0 unspecified atom stereocenters. The molecule has 0 saturated heterocycles. The summed E-state index contributed by atoms with van der Waals surface area (Å²) in [6.45, 7) is 5.49. The van der Waals surface area contributed by atoms with Crippen molar-refractivity contribution in [2.75, 3.05) is 13.7 Å². The third-order valence-electron chi connectivity index (χ3n) is 3.76. The summed E-state index contributed by atoms with van der Waals surface area (Å²) in [6.07, 6.45) is 0.980. The molecule has 5 nitrogen and oxygen atoms in total. The maximum atomic E-state index is 12.3. The molecule has 1 aromatic carbocycles. The van der Waals surface area contributed by atoms with Gasteiger partial charge in [-0.3, -0.25) is 4.79 Å². The summed E-state index contributed by atoms with van der Waals surface area (Å²) in [5, 5.41) is 6.04. The van der Waals surface area contributed by atoms with Gasteiger partial charge in [0.1, 0.15) is 6.04 Å². The van der Waals surface area contributed by atoms with Gasteiger partial charge in [-0.15, -0.1) is 0 Å². The van der Waals surface area contributed by atoms with E-state index in [9.17, 15) is 9.59 Å². The predicted octanol–water partition coefficient (Wildman–Crippen LogP) is 1.26. The lowest BCUT2D eigenvalue weighted by molar-refractivity contribution is -0.144. The number of carbonyl (C=O) groups is 2. The zero-order valence-electron chi connectivity index (χ0n) is 12.7. The van der Waals surface area contributed by atoms with E-state index in [0.29, 0.717) is 5.56 Å². The standard InChI is InChI=1S/C16H22N2O3/c1-10(2)14(16(20)21-3)18-15(19)12-5-4-11-6-7-17-9-13(11)8-12/h4-5,8,10,14,17H,6-7,9H2,1-3H3,(H,18,19)/t14-/m0/s1. The minimum atomic E-state index is -0.628. The fraction of sp³-hybridized carbons (Fsp3) is 0.500. The molecule has 1 aliphatic rings. The zero-order chi connectivity index (χ0) is 15.4. The van der Waals surface area contributed by atoms with E-state index in [2.05, 4.69) is 10.6 Å². The quantitative estimate of drug-likeness (QED) is 0.819. The molecule has 0 spiro atoms. The molecular weight excluding hydrogens is 268 g/mol. The van der Waals surface area contributed by atoms with Gasteiger partial charge in [-0.25, -0.2) is 4.79 Å². The summed E-state index contributed by atoms with van der Waals surface area (Å²) in [7, 11) is 1.33. The predicted molar refractivity (Wildman–Crippen MR) is 80.0 cm³/mol. The number of hydrogen-bond acceptors (Lipinski definition) is 4. The molecule has 0 bridgehead atoms. The van der Waals surface area contributed by atoms with Crippen molar-refractivity contribution in [3.8, 4) is 0 Å². The molecule has 1 heterocycles. The first-order chi connectivity index (χ1) is 10.0. The fourth-order valence-electron chi connectivity index (χ4n) is 2.47. The third kappa shape index (κ3) is 3.61. The molecule has 21 heavy (non-hydrogen) atoms. The number of fused-ring (bicyclic) bond motifs is 1. The molecule has 0 fully saturated rings. The van der Waals surface area contributed by atoms with Crippen LogP contribution in [0.25, 0.3) is 0 Å². The van der Waals surface area contributed by atoms with Gasteiger partial charge >= 0.3 is 5.97 Å². The average Bonchev–Trinajstić information content (AvgIpc) is 2.50. The van der Waals surface area contributed by atoms with Crippen molar-refractivity contribution in [1.29, 1.82) is 0 Å².